The van der Waals surface area contributed by atoms with E-state index < -0.39 is 0 Å². The first-order chi connectivity index (χ1) is 8.77. The summed E-state index contributed by atoms with van der Waals surface area (Å²) in [5.74, 6) is 0.957. The van der Waals surface area contributed by atoms with Gasteiger partial charge in [-0.1, -0.05) is 31.5 Å². The van der Waals surface area contributed by atoms with Gasteiger partial charge in [0.25, 0.3) is 0 Å². The van der Waals surface area contributed by atoms with Crippen molar-refractivity contribution in [3.8, 4) is 5.75 Å². The Morgan fingerprint density at radius 2 is 2.11 bits per heavy atom. The first kappa shape index (κ1) is 13.4. The molecule has 2 unspecified atom stereocenters. The first-order valence-electron chi connectivity index (χ1n) is 6.90. The Kier molecular flexibility index (Phi) is 4.61. The fraction of sp³-hybridized carbons (Fsp3) is 0.600. The van der Waals surface area contributed by atoms with E-state index in [0.717, 1.165) is 25.3 Å². The molecule has 0 radical (unpaired) electrons. The van der Waals surface area contributed by atoms with Gasteiger partial charge in [0.1, 0.15) is 5.75 Å². The van der Waals surface area contributed by atoms with E-state index in [1.807, 2.05) is 12.1 Å². The van der Waals surface area contributed by atoms with Gasteiger partial charge in [-0.2, -0.15) is 0 Å². The average Bonchev–Trinajstić information content (AvgIpc) is 2.60. The molecule has 1 aromatic carbocycles. The smallest absolute Gasteiger partial charge is 0.123 e. The highest BCUT2D eigenvalue weighted by atomic mass is 16.5. The monoisotopic (exact) mass is 248 g/mol. The molecule has 0 amide bonds. The highest BCUT2D eigenvalue weighted by Crippen LogP contribution is 2.34. The third-order valence-corrected chi connectivity index (χ3v) is 3.90. The van der Waals surface area contributed by atoms with Crippen molar-refractivity contribution in [2.45, 2.75) is 38.3 Å². The maximum Gasteiger partial charge on any atom is 0.123 e. The van der Waals surface area contributed by atoms with Crippen LogP contribution in [0.2, 0.25) is 0 Å². The number of para-hydroxylation sites is 1. The Balaban J connectivity index is 2.36. The van der Waals surface area contributed by atoms with Crippen molar-refractivity contribution in [1.29, 1.82) is 0 Å². The minimum absolute atomic E-state index is 0.198. The van der Waals surface area contributed by atoms with Crippen molar-refractivity contribution in [3.63, 3.8) is 0 Å². The second kappa shape index (κ2) is 6.21. The number of hydrogen-bond donors (Lipinski definition) is 1. The van der Waals surface area contributed by atoms with Crippen LogP contribution >= 0.6 is 0 Å². The molecule has 2 N–H and O–H groups in total. The van der Waals surface area contributed by atoms with Crippen LogP contribution in [0.3, 0.4) is 0 Å². The molecule has 100 valence electrons. The van der Waals surface area contributed by atoms with Gasteiger partial charge >= 0.3 is 0 Å². The highest BCUT2D eigenvalue weighted by Gasteiger charge is 2.29. The molecule has 0 aliphatic carbocycles. The molecule has 2 atom stereocenters. The molecule has 0 aromatic heterocycles. The Morgan fingerprint density at radius 1 is 1.33 bits per heavy atom. The minimum atomic E-state index is 0.198. The zero-order valence-electron chi connectivity index (χ0n) is 11.4. The van der Waals surface area contributed by atoms with E-state index >= 15 is 0 Å². The van der Waals surface area contributed by atoms with Crippen LogP contribution in [-0.4, -0.2) is 31.1 Å². The molecule has 1 aliphatic heterocycles. The number of rotatable bonds is 3. The number of methoxy groups -OCH3 is 1. The van der Waals surface area contributed by atoms with E-state index in [2.05, 4.69) is 24.0 Å². The number of likely N-dealkylation sites (tertiary alicyclic amines) is 1. The van der Waals surface area contributed by atoms with Crippen LogP contribution in [0.4, 0.5) is 0 Å². The maximum atomic E-state index is 6.40. The van der Waals surface area contributed by atoms with Gasteiger partial charge in [0.2, 0.25) is 0 Å². The van der Waals surface area contributed by atoms with Crippen LogP contribution in [0.25, 0.3) is 0 Å². The van der Waals surface area contributed by atoms with Crippen molar-refractivity contribution in [3.05, 3.63) is 29.8 Å². The Hall–Kier alpha value is -1.06. The van der Waals surface area contributed by atoms with Gasteiger partial charge < -0.3 is 10.5 Å². The van der Waals surface area contributed by atoms with E-state index in [-0.39, 0.29) is 12.1 Å². The van der Waals surface area contributed by atoms with Crippen LogP contribution in [0, 0.1) is 0 Å². The van der Waals surface area contributed by atoms with Crippen LogP contribution in [0.5, 0.6) is 5.75 Å². The number of ether oxygens (including phenoxy) is 1. The number of hydrogen-bond acceptors (Lipinski definition) is 3. The van der Waals surface area contributed by atoms with Gasteiger partial charge in [0.05, 0.1) is 13.2 Å². The molecule has 2 rings (SSSR count). The third-order valence-electron chi connectivity index (χ3n) is 3.90. The third kappa shape index (κ3) is 2.68. The molecule has 3 nitrogen and oxygen atoms in total. The predicted molar refractivity (Wildman–Crippen MR) is 74.8 cm³/mol. The van der Waals surface area contributed by atoms with Gasteiger partial charge in [0, 0.05) is 11.6 Å². The summed E-state index contributed by atoms with van der Waals surface area (Å²) in [5, 5.41) is 0. The molecule has 1 fully saturated rings. The van der Waals surface area contributed by atoms with E-state index in [1.54, 1.807) is 7.11 Å². The van der Waals surface area contributed by atoms with E-state index in [9.17, 15) is 0 Å². The van der Waals surface area contributed by atoms with E-state index in [0.29, 0.717) is 0 Å². The van der Waals surface area contributed by atoms with Crippen molar-refractivity contribution < 1.29 is 4.74 Å². The molecule has 1 aromatic rings. The summed E-state index contributed by atoms with van der Waals surface area (Å²) < 4.78 is 5.50. The molecular weight excluding hydrogens is 224 g/mol. The van der Waals surface area contributed by atoms with Crippen LogP contribution in [0.15, 0.2) is 24.3 Å². The molecule has 0 spiro atoms. The first-order valence-corrected chi connectivity index (χ1v) is 6.90. The van der Waals surface area contributed by atoms with Crippen molar-refractivity contribution in [1.82, 2.24) is 4.90 Å². The van der Waals surface area contributed by atoms with Gasteiger partial charge in [-0.25, -0.2) is 0 Å². The summed E-state index contributed by atoms with van der Waals surface area (Å²) in [7, 11) is 1.73. The van der Waals surface area contributed by atoms with Crippen molar-refractivity contribution in [2.24, 2.45) is 5.73 Å². The fourth-order valence-corrected chi connectivity index (χ4v) is 2.96. The fourth-order valence-electron chi connectivity index (χ4n) is 2.96. The second-order valence-electron chi connectivity index (χ2n) is 4.98. The number of nitrogens with two attached hydrogens (primary N) is 1. The molecule has 1 saturated heterocycles. The Bertz CT molecular complexity index is 381. The number of likely N-dealkylation sites (N-methyl/N-ethyl adjacent to an activating group) is 1. The molecule has 0 bridgehead atoms. The lowest BCUT2D eigenvalue weighted by Gasteiger charge is -2.33. The number of benzene rings is 1. The summed E-state index contributed by atoms with van der Waals surface area (Å²) in [5.41, 5.74) is 7.64. The van der Waals surface area contributed by atoms with Gasteiger partial charge in [-0.05, 0) is 32.0 Å². The van der Waals surface area contributed by atoms with Crippen molar-refractivity contribution in [2.75, 3.05) is 20.2 Å². The molecule has 1 aliphatic rings. The Labute approximate surface area is 110 Å². The quantitative estimate of drug-likeness (QED) is 0.893. The van der Waals surface area contributed by atoms with Crippen molar-refractivity contribution >= 4 is 0 Å². The lowest BCUT2D eigenvalue weighted by molar-refractivity contribution is 0.191. The Morgan fingerprint density at radius 3 is 2.83 bits per heavy atom. The standard InChI is InChI=1S/C15H24N2O/c1-3-17-11-7-6-9-13(16)15(17)12-8-4-5-10-14(12)18-2/h4-5,8,10,13,15H,3,6-7,9,11,16H2,1-2H3. The SMILES string of the molecule is CCN1CCCCC(N)C1c1ccccc1OC. The predicted octanol–water partition coefficient (Wildman–Crippen LogP) is 2.57. The average molecular weight is 248 g/mol. The summed E-state index contributed by atoms with van der Waals surface area (Å²) in [6.45, 7) is 4.38. The molecule has 18 heavy (non-hydrogen) atoms. The number of nitrogens with zero attached hydrogens (tertiary/aromatic N) is 1. The maximum absolute atomic E-state index is 6.40. The molecule has 0 saturated carbocycles. The van der Waals surface area contributed by atoms with E-state index in [1.165, 1.54) is 18.4 Å². The van der Waals surface area contributed by atoms with Crippen LogP contribution < -0.4 is 10.5 Å². The summed E-state index contributed by atoms with van der Waals surface area (Å²) in [6, 6.07) is 8.75. The molecule has 3 heteroatoms. The topological polar surface area (TPSA) is 38.5 Å². The lowest BCUT2D eigenvalue weighted by atomic mass is 9.95. The summed E-state index contributed by atoms with van der Waals surface area (Å²) >= 11 is 0. The van der Waals surface area contributed by atoms with Crippen LogP contribution in [0.1, 0.15) is 37.8 Å². The second-order valence-corrected chi connectivity index (χ2v) is 4.98. The summed E-state index contributed by atoms with van der Waals surface area (Å²) in [6.07, 6.45) is 3.57. The van der Waals surface area contributed by atoms with Gasteiger partial charge in [-0.15, -0.1) is 0 Å². The normalized spacial score (nSPS) is 25.7. The highest BCUT2D eigenvalue weighted by molar-refractivity contribution is 5.37. The lowest BCUT2D eigenvalue weighted by Crippen LogP contribution is -2.39. The van der Waals surface area contributed by atoms with Gasteiger partial charge in [0.15, 0.2) is 0 Å². The molecule has 1 heterocycles. The zero-order valence-corrected chi connectivity index (χ0v) is 11.4. The van der Waals surface area contributed by atoms with Crippen LogP contribution in [-0.2, 0) is 0 Å². The van der Waals surface area contributed by atoms with E-state index in [4.69, 9.17) is 10.5 Å². The zero-order chi connectivity index (χ0) is 13.0. The largest absolute Gasteiger partial charge is 0.496 e. The summed E-state index contributed by atoms with van der Waals surface area (Å²) in [4.78, 5) is 2.48. The van der Waals surface area contributed by atoms with Gasteiger partial charge in [-0.3, -0.25) is 4.90 Å². The molecular formula is C15H24N2O. The minimum Gasteiger partial charge on any atom is -0.496 e.